The Bertz CT molecular complexity index is 1720. The molecule has 240 valence electrons. The molecule has 0 N–H and O–H groups in total. The molecule has 0 amide bonds. The van der Waals surface area contributed by atoms with E-state index >= 15 is 0 Å². The normalized spacial score (nSPS) is 13.3. The average molecular weight is 651 g/mol. The summed E-state index contributed by atoms with van der Waals surface area (Å²) in [6.07, 6.45) is 4.24. The second-order valence-corrected chi connectivity index (χ2v) is 16.9. The predicted molar refractivity (Wildman–Crippen MR) is 217 cm³/mol. The Balaban J connectivity index is 0.000000154. The Hall–Kier alpha value is -4.97. The quantitative estimate of drug-likeness (QED) is 0.116. The summed E-state index contributed by atoms with van der Waals surface area (Å²) < 4.78 is 0. The minimum absolute atomic E-state index is 0.768. The number of benzene rings is 7. The van der Waals surface area contributed by atoms with Crippen molar-refractivity contribution in [1.82, 2.24) is 0 Å². The topological polar surface area (TPSA) is 0 Å². The van der Waals surface area contributed by atoms with Gasteiger partial charge in [0.2, 0.25) is 0 Å². The van der Waals surface area contributed by atoms with Gasteiger partial charge in [-0.05, 0) is 62.1 Å². The van der Waals surface area contributed by atoms with Crippen LogP contribution in [0.2, 0.25) is 0 Å². The van der Waals surface area contributed by atoms with Crippen molar-refractivity contribution in [3.05, 3.63) is 212 Å². The molecule has 0 aliphatic heterocycles. The molecule has 0 bridgehead atoms. The van der Waals surface area contributed by atoms with Crippen LogP contribution in [0.15, 0.2) is 212 Å². The van der Waals surface area contributed by atoms with E-state index in [4.69, 9.17) is 0 Å². The Kier molecular flexibility index (Phi) is 10.3. The van der Waals surface area contributed by atoms with Crippen LogP contribution in [0.3, 0.4) is 0 Å². The first-order valence-corrected chi connectivity index (χ1v) is 19.6. The molecule has 0 atom stereocenters. The summed E-state index contributed by atoms with van der Waals surface area (Å²) >= 11 is 0. The highest BCUT2D eigenvalue weighted by atomic mass is 31.2. The van der Waals surface area contributed by atoms with E-state index in [-0.39, 0.29) is 0 Å². The molecular weight excluding hydrogens is 606 g/mol. The third kappa shape index (κ3) is 6.45. The van der Waals surface area contributed by atoms with Gasteiger partial charge in [-0.25, -0.2) is 0 Å². The van der Waals surface area contributed by atoms with Crippen LogP contribution < -0.4 is 37.8 Å². The van der Waals surface area contributed by atoms with Crippen molar-refractivity contribution in [2.45, 2.75) is 31.3 Å². The maximum Gasteiger partial charge on any atom is 0.115 e. The second-order valence-electron chi connectivity index (χ2n) is 13.2. The number of hydrogen-bond acceptors (Lipinski definition) is 0. The van der Waals surface area contributed by atoms with Crippen LogP contribution in [-0.4, -0.2) is 11.8 Å². The molecule has 0 heterocycles. The van der Waals surface area contributed by atoms with Crippen LogP contribution in [0.4, 0.5) is 0 Å². The molecular formula is C47H44BP. The lowest BCUT2D eigenvalue weighted by Crippen LogP contribution is -2.74. The van der Waals surface area contributed by atoms with Gasteiger partial charge in [0.25, 0.3) is 0 Å². The van der Waals surface area contributed by atoms with Gasteiger partial charge in [-0.2, -0.15) is 21.9 Å². The van der Waals surface area contributed by atoms with E-state index in [0.717, 1.165) is 5.66 Å². The molecule has 2 heteroatoms. The summed E-state index contributed by atoms with van der Waals surface area (Å²) in [4.78, 5) is 0. The fraction of sp³-hybridized carbons (Fsp3) is 0.106. The van der Waals surface area contributed by atoms with Crippen LogP contribution in [0.5, 0.6) is 0 Å². The summed E-state index contributed by atoms with van der Waals surface area (Å²) in [5, 5.41) is 4.61. The maximum absolute atomic E-state index is 2.37. The fourth-order valence-corrected chi connectivity index (χ4v) is 13.7. The van der Waals surface area contributed by atoms with Crippen molar-refractivity contribution in [3.63, 3.8) is 0 Å². The molecule has 1 aliphatic rings. The van der Waals surface area contributed by atoms with E-state index in [1.54, 1.807) is 0 Å². The second kappa shape index (κ2) is 15.5. The zero-order valence-electron chi connectivity index (χ0n) is 28.1. The smallest absolute Gasteiger partial charge is 0.115 e. The average Bonchev–Trinajstić information content (AvgIpc) is 3.74. The minimum atomic E-state index is -1.60. The van der Waals surface area contributed by atoms with Gasteiger partial charge in [-0.15, -0.1) is 0 Å². The zero-order chi connectivity index (χ0) is 33.2. The van der Waals surface area contributed by atoms with Gasteiger partial charge in [0.05, 0.1) is 5.66 Å². The van der Waals surface area contributed by atoms with E-state index in [0.29, 0.717) is 0 Å². The lowest BCUT2D eigenvalue weighted by molar-refractivity contribution is 0.886. The highest BCUT2D eigenvalue weighted by Crippen LogP contribution is 2.63. The standard InChI is InChI=1S/C24H20B.C23H24P/c1-5-13-21(14-6-1)25(22-15-7-2-8-16-22,23-17-9-3-10-18-23)24-19-11-4-12-20-24;1-4-12-20(13-5-1)24(23-18-10-11-19-23,21-14-6-2-7-15-21)22-16-8-3-9-17-22/h1-20H;1-9,12-17,23H,10-11,18-19H2/q-1;+1. The van der Waals surface area contributed by atoms with Crippen LogP contribution >= 0.6 is 7.26 Å². The summed E-state index contributed by atoms with van der Waals surface area (Å²) in [5.74, 6) is 0. The van der Waals surface area contributed by atoms with Gasteiger partial charge in [-0.1, -0.05) is 176 Å². The molecule has 7 aromatic carbocycles. The lowest BCUT2D eigenvalue weighted by Gasteiger charge is -2.44. The van der Waals surface area contributed by atoms with Crippen LogP contribution in [0.1, 0.15) is 25.7 Å². The third-order valence-electron chi connectivity index (χ3n) is 10.6. The van der Waals surface area contributed by atoms with Gasteiger partial charge < -0.3 is 0 Å². The van der Waals surface area contributed by atoms with Crippen LogP contribution in [0, 0.1) is 0 Å². The molecule has 0 aromatic heterocycles. The lowest BCUT2D eigenvalue weighted by atomic mass is 9.13. The SMILES string of the molecule is c1ccc([B-](c2ccccc2)(c2ccccc2)c2ccccc2)cc1.c1ccc([P+](c2ccccc2)(c2ccccc2)C2CCCC2)cc1. The maximum atomic E-state index is 2.37. The van der Waals surface area contributed by atoms with Crippen LogP contribution in [0.25, 0.3) is 0 Å². The Labute approximate surface area is 293 Å². The molecule has 1 saturated carbocycles. The van der Waals surface area contributed by atoms with Gasteiger partial charge in [-0.3, -0.25) is 0 Å². The summed E-state index contributed by atoms with van der Waals surface area (Å²) in [6.45, 7) is 0. The highest BCUT2D eigenvalue weighted by Gasteiger charge is 2.52. The van der Waals surface area contributed by atoms with Crippen LogP contribution in [-0.2, 0) is 0 Å². The number of rotatable bonds is 8. The molecule has 0 nitrogen and oxygen atoms in total. The predicted octanol–water partition coefficient (Wildman–Crippen LogP) is 7.99. The summed E-state index contributed by atoms with van der Waals surface area (Å²) in [7, 11) is -1.60. The van der Waals surface area contributed by atoms with Gasteiger partial charge in [0.15, 0.2) is 0 Å². The molecule has 7 aromatic rings. The molecule has 1 fully saturated rings. The van der Waals surface area contributed by atoms with Crippen molar-refractivity contribution in [1.29, 1.82) is 0 Å². The van der Waals surface area contributed by atoms with Gasteiger partial charge in [0, 0.05) is 0 Å². The monoisotopic (exact) mass is 650 g/mol. The minimum Gasteiger partial charge on any atom is -0.195 e. The van der Waals surface area contributed by atoms with E-state index in [1.807, 2.05) is 0 Å². The van der Waals surface area contributed by atoms with Crippen molar-refractivity contribution in [3.8, 4) is 0 Å². The summed E-state index contributed by atoms with van der Waals surface area (Å²) in [5.41, 5.74) is 6.12. The molecule has 49 heavy (non-hydrogen) atoms. The third-order valence-corrected chi connectivity index (χ3v) is 15.5. The first-order valence-electron chi connectivity index (χ1n) is 17.8. The zero-order valence-corrected chi connectivity index (χ0v) is 29.0. The number of hydrogen-bond donors (Lipinski definition) is 0. The Morgan fingerprint density at radius 2 is 0.531 bits per heavy atom. The van der Waals surface area contributed by atoms with E-state index in [9.17, 15) is 0 Å². The molecule has 0 spiro atoms. The van der Waals surface area contributed by atoms with Crippen molar-refractivity contribution in [2.75, 3.05) is 0 Å². The van der Waals surface area contributed by atoms with Crippen molar-refractivity contribution >= 4 is 51.2 Å². The highest BCUT2D eigenvalue weighted by molar-refractivity contribution is 7.96. The molecule has 0 unspecified atom stereocenters. The van der Waals surface area contributed by atoms with Gasteiger partial charge >= 0.3 is 0 Å². The Morgan fingerprint density at radius 3 is 0.776 bits per heavy atom. The first kappa shape index (κ1) is 32.6. The first-order chi connectivity index (χ1) is 24.3. The largest absolute Gasteiger partial charge is 0.195 e. The Morgan fingerprint density at radius 1 is 0.306 bits per heavy atom. The fourth-order valence-electron chi connectivity index (χ4n) is 8.48. The molecule has 8 rings (SSSR count). The van der Waals surface area contributed by atoms with E-state index < -0.39 is 13.4 Å². The van der Waals surface area contributed by atoms with E-state index in [1.165, 1.54) is 63.4 Å². The van der Waals surface area contributed by atoms with Crippen molar-refractivity contribution < 1.29 is 0 Å². The molecule has 0 radical (unpaired) electrons. The molecule has 0 saturated heterocycles. The van der Waals surface area contributed by atoms with Crippen molar-refractivity contribution in [2.24, 2.45) is 0 Å². The summed E-state index contributed by atoms with van der Waals surface area (Å²) in [6, 6.07) is 77.4. The van der Waals surface area contributed by atoms with Gasteiger partial charge in [0.1, 0.15) is 29.3 Å². The van der Waals surface area contributed by atoms with E-state index in [2.05, 4.69) is 212 Å². The molecule has 1 aliphatic carbocycles.